The quantitative estimate of drug-likeness (QED) is 0.536. The number of aliphatic hydroxyl groups is 1. The Labute approximate surface area is 168 Å². The first-order chi connectivity index (χ1) is 12.7. The van der Waals surface area contributed by atoms with Crippen LogP contribution >= 0.6 is 35.7 Å². The first-order valence-electron chi connectivity index (χ1n) is 8.76. The summed E-state index contributed by atoms with van der Waals surface area (Å²) >= 11 is 8.42. The van der Waals surface area contributed by atoms with Crippen LogP contribution in [0.25, 0.3) is 0 Å². The van der Waals surface area contributed by atoms with Crippen LogP contribution in [-0.2, 0) is 4.79 Å². The van der Waals surface area contributed by atoms with Crippen LogP contribution in [0.15, 0.2) is 51.2 Å². The molecule has 0 atom stereocenters. The Morgan fingerprint density at radius 1 is 1.12 bits per heavy atom. The summed E-state index contributed by atoms with van der Waals surface area (Å²) in [6.45, 7) is 3.70. The molecule has 2 aliphatic heterocycles. The highest BCUT2D eigenvalue weighted by Gasteiger charge is 2.31. The zero-order chi connectivity index (χ0) is 18.5. The average Bonchev–Trinajstić information content (AvgIpc) is 3.13. The van der Waals surface area contributed by atoms with Crippen molar-refractivity contribution in [1.29, 1.82) is 0 Å². The number of hydrogen-bond donors (Lipinski definition) is 1. The normalized spacial score (nSPS) is 19.9. The van der Waals surface area contributed by atoms with Crippen molar-refractivity contribution < 1.29 is 9.90 Å². The Balaban J connectivity index is 1.80. The van der Waals surface area contributed by atoms with Crippen molar-refractivity contribution in [2.45, 2.75) is 31.1 Å². The van der Waals surface area contributed by atoms with Crippen LogP contribution in [0.4, 0.5) is 5.69 Å². The van der Waals surface area contributed by atoms with Crippen LogP contribution in [0, 0.1) is 0 Å². The lowest BCUT2D eigenvalue weighted by Gasteiger charge is -2.19. The van der Waals surface area contributed by atoms with E-state index in [0.717, 1.165) is 30.1 Å². The minimum absolute atomic E-state index is 0.00715. The number of unbranched alkanes of at least 4 members (excludes halogenated alkanes) is 1. The smallest absolute Gasteiger partial charge is 0.266 e. The Bertz CT molecular complexity index is 761. The molecule has 0 aromatic heterocycles. The van der Waals surface area contributed by atoms with Crippen LogP contribution in [0.3, 0.4) is 0 Å². The van der Waals surface area contributed by atoms with E-state index in [2.05, 4.69) is 24.0 Å². The number of rotatable bonds is 7. The molecule has 2 aliphatic rings. The molecule has 138 valence electrons. The number of para-hydroxylation sites is 1. The Morgan fingerprint density at radius 3 is 2.65 bits per heavy atom. The molecule has 2 heterocycles. The summed E-state index contributed by atoms with van der Waals surface area (Å²) in [6, 6.07) is 8.23. The number of allylic oxidation sites excluding steroid dienone is 2. The number of carbonyl (C=O) groups excluding carboxylic acids is 1. The summed E-state index contributed by atoms with van der Waals surface area (Å²) in [4.78, 5) is 18.3. The van der Waals surface area contributed by atoms with Crippen LogP contribution < -0.4 is 4.90 Å². The molecule has 0 spiro atoms. The van der Waals surface area contributed by atoms with Gasteiger partial charge in [-0.15, -0.1) is 0 Å². The minimum Gasteiger partial charge on any atom is -0.396 e. The Kier molecular flexibility index (Phi) is 6.80. The van der Waals surface area contributed by atoms with E-state index < -0.39 is 0 Å². The van der Waals surface area contributed by atoms with E-state index in [1.54, 1.807) is 16.7 Å². The third kappa shape index (κ3) is 4.17. The summed E-state index contributed by atoms with van der Waals surface area (Å²) in [7, 11) is 0. The van der Waals surface area contributed by atoms with Crippen molar-refractivity contribution in [3.05, 3.63) is 46.4 Å². The van der Waals surface area contributed by atoms with E-state index in [4.69, 9.17) is 12.2 Å². The van der Waals surface area contributed by atoms with E-state index in [1.807, 2.05) is 24.3 Å². The lowest BCUT2D eigenvalue weighted by atomic mass is 10.2. The van der Waals surface area contributed by atoms with Crippen LogP contribution in [0.2, 0.25) is 0 Å². The minimum atomic E-state index is 0.00715. The summed E-state index contributed by atoms with van der Waals surface area (Å²) in [5.74, 6) is 0.00715. The molecule has 0 bridgehead atoms. The Hall–Kier alpha value is -1.28. The molecule has 26 heavy (non-hydrogen) atoms. The molecule has 1 aromatic carbocycles. The number of benzene rings is 1. The van der Waals surface area contributed by atoms with Crippen LogP contribution in [0.5, 0.6) is 0 Å². The van der Waals surface area contributed by atoms with Gasteiger partial charge >= 0.3 is 0 Å². The van der Waals surface area contributed by atoms with Gasteiger partial charge in [-0.3, -0.25) is 9.69 Å². The van der Waals surface area contributed by atoms with Gasteiger partial charge in [-0.2, -0.15) is 0 Å². The SMILES string of the molecule is CCCCN1C(=O)C(=CC=C2Sc3ccccc3N2CCCO)SC1=S. The fraction of sp³-hybridized carbons (Fsp3) is 0.368. The number of aliphatic hydroxyl groups excluding tert-OH is 1. The molecule has 1 saturated heterocycles. The van der Waals surface area contributed by atoms with Gasteiger partial charge in [-0.1, -0.05) is 61.2 Å². The molecule has 0 unspecified atom stereocenters. The lowest BCUT2D eigenvalue weighted by Crippen LogP contribution is -2.28. The summed E-state index contributed by atoms with van der Waals surface area (Å²) < 4.78 is 0.646. The molecule has 1 fully saturated rings. The number of carbonyl (C=O) groups is 1. The zero-order valence-electron chi connectivity index (χ0n) is 14.7. The largest absolute Gasteiger partial charge is 0.396 e. The van der Waals surface area contributed by atoms with E-state index in [1.165, 1.54) is 16.7 Å². The molecule has 0 saturated carbocycles. The van der Waals surface area contributed by atoms with Gasteiger partial charge in [0.1, 0.15) is 4.32 Å². The number of hydrogen-bond acceptors (Lipinski definition) is 6. The van der Waals surface area contributed by atoms with Crippen LogP contribution in [0.1, 0.15) is 26.2 Å². The van der Waals surface area contributed by atoms with Crippen molar-refractivity contribution in [3.8, 4) is 0 Å². The van der Waals surface area contributed by atoms with E-state index in [9.17, 15) is 9.90 Å². The van der Waals surface area contributed by atoms with E-state index in [-0.39, 0.29) is 12.5 Å². The highest BCUT2D eigenvalue weighted by Crippen LogP contribution is 2.46. The fourth-order valence-corrected chi connectivity index (χ4v) is 5.15. The molecule has 1 amide bonds. The molecule has 4 nitrogen and oxygen atoms in total. The van der Waals surface area contributed by atoms with Crippen molar-refractivity contribution >= 4 is 51.7 Å². The van der Waals surface area contributed by atoms with Crippen molar-refractivity contribution in [2.75, 3.05) is 24.6 Å². The van der Waals surface area contributed by atoms with Gasteiger partial charge in [0.05, 0.1) is 15.6 Å². The molecule has 7 heteroatoms. The number of fused-ring (bicyclic) bond motifs is 1. The maximum atomic E-state index is 12.6. The predicted octanol–water partition coefficient (Wildman–Crippen LogP) is 4.37. The van der Waals surface area contributed by atoms with Gasteiger partial charge < -0.3 is 10.0 Å². The predicted molar refractivity (Wildman–Crippen MR) is 114 cm³/mol. The first-order valence-corrected chi connectivity index (χ1v) is 10.8. The van der Waals surface area contributed by atoms with Gasteiger partial charge in [0.15, 0.2) is 0 Å². The van der Waals surface area contributed by atoms with Crippen molar-refractivity contribution in [1.82, 2.24) is 4.90 Å². The van der Waals surface area contributed by atoms with Gasteiger partial charge in [0, 0.05) is 24.6 Å². The number of thioether (sulfide) groups is 2. The zero-order valence-corrected chi connectivity index (χ0v) is 17.1. The van der Waals surface area contributed by atoms with Crippen LogP contribution in [-0.4, -0.2) is 39.9 Å². The fourth-order valence-electron chi connectivity index (χ4n) is 2.81. The number of thiocarbonyl (C=S) groups is 1. The topological polar surface area (TPSA) is 43.8 Å². The molecule has 1 aromatic rings. The van der Waals surface area contributed by atoms with Crippen molar-refractivity contribution in [2.24, 2.45) is 0 Å². The number of anilines is 1. The van der Waals surface area contributed by atoms with Gasteiger partial charge in [-0.05, 0) is 37.1 Å². The van der Waals surface area contributed by atoms with Gasteiger partial charge in [0.25, 0.3) is 5.91 Å². The van der Waals surface area contributed by atoms with Crippen molar-refractivity contribution in [3.63, 3.8) is 0 Å². The molecular formula is C19H22N2O2S3. The number of nitrogens with zero attached hydrogens (tertiary/aromatic N) is 2. The molecule has 0 radical (unpaired) electrons. The maximum Gasteiger partial charge on any atom is 0.266 e. The van der Waals surface area contributed by atoms with E-state index in [0.29, 0.717) is 22.2 Å². The molecule has 0 aliphatic carbocycles. The Morgan fingerprint density at radius 2 is 1.88 bits per heavy atom. The lowest BCUT2D eigenvalue weighted by molar-refractivity contribution is -0.122. The molecule has 3 rings (SSSR count). The second-order valence-electron chi connectivity index (χ2n) is 6.01. The second kappa shape index (κ2) is 9.08. The summed E-state index contributed by atoms with van der Waals surface area (Å²) in [6.07, 6.45) is 6.57. The maximum absolute atomic E-state index is 12.6. The summed E-state index contributed by atoms with van der Waals surface area (Å²) in [5, 5.41) is 10.3. The third-order valence-corrected chi connectivity index (χ3v) is 6.69. The monoisotopic (exact) mass is 406 g/mol. The number of amides is 1. The van der Waals surface area contributed by atoms with Gasteiger partial charge in [0.2, 0.25) is 0 Å². The molecule has 1 N–H and O–H groups in total. The van der Waals surface area contributed by atoms with Gasteiger partial charge in [-0.25, -0.2) is 0 Å². The highest BCUT2D eigenvalue weighted by molar-refractivity contribution is 8.26. The van der Waals surface area contributed by atoms with E-state index >= 15 is 0 Å². The first kappa shape index (κ1) is 19.5. The highest BCUT2D eigenvalue weighted by atomic mass is 32.2. The summed E-state index contributed by atoms with van der Waals surface area (Å²) in [5.41, 5.74) is 1.15. The second-order valence-corrected chi connectivity index (χ2v) is 8.75. The standard InChI is InChI=1S/C19H22N2O2S3/c1-2-3-11-21-18(23)16(26-19(21)24)9-10-17-20(12-6-13-22)14-7-4-5-8-15(14)25-17/h4-5,7-10,22H,2-3,6,11-13H2,1H3. The average molecular weight is 407 g/mol. The molecular weight excluding hydrogens is 384 g/mol. The third-order valence-electron chi connectivity index (χ3n) is 4.16.